The molecule has 2 aliphatic heterocycles. The van der Waals surface area contributed by atoms with Gasteiger partial charge in [0.25, 0.3) is 0 Å². The first-order valence-electron chi connectivity index (χ1n) is 12.9. The third kappa shape index (κ3) is 6.74. The van der Waals surface area contributed by atoms with Crippen molar-refractivity contribution in [2.45, 2.75) is 103 Å². The maximum atomic E-state index is 13.4. The lowest BCUT2D eigenvalue weighted by atomic mass is 9.71. The maximum absolute atomic E-state index is 13.4. The van der Waals surface area contributed by atoms with Crippen molar-refractivity contribution in [1.29, 1.82) is 0 Å². The molecule has 2 N–H and O–H groups in total. The quantitative estimate of drug-likeness (QED) is 0.439. The van der Waals surface area contributed by atoms with Gasteiger partial charge in [-0.05, 0) is 50.3 Å². The van der Waals surface area contributed by atoms with Gasteiger partial charge in [-0.15, -0.1) is 0 Å². The Hall–Kier alpha value is -1.80. The zero-order valence-corrected chi connectivity index (χ0v) is 22.7. The number of hydrogen-bond acceptors (Lipinski definition) is 7. The van der Waals surface area contributed by atoms with Crippen LogP contribution in [-0.4, -0.2) is 57.0 Å². The fraction of sp³-hybridized carbons (Fsp3) is 0.679. The highest BCUT2D eigenvalue weighted by Gasteiger charge is 2.53. The van der Waals surface area contributed by atoms with Gasteiger partial charge in [-0.3, -0.25) is 14.6 Å². The molecule has 0 aliphatic carbocycles. The van der Waals surface area contributed by atoms with Gasteiger partial charge in [-0.25, -0.2) is 0 Å². The number of pyridine rings is 1. The summed E-state index contributed by atoms with van der Waals surface area (Å²) in [6.45, 7) is 9.08. The first kappa shape index (κ1) is 28.8. The van der Waals surface area contributed by atoms with Gasteiger partial charge in [0.15, 0.2) is 0 Å². The number of nitrogens with zero attached hydrogens (tertiary/aromatic N) is 1. The Kier molecular flexibility index (Phi) is 9.36. The molecule has 7 nitrogen and oxygen atoms in total. The number of carbonyl (C=O) groups is 2. The minimum atomic E-state index is -1.27. The number of Topliss-reactive ketones (excluding diaryl/α,β-unsaturated/α-hetero) is 1. The highest BCUT2D eigenvalue weighted by Crippen LogP contribution is 2.45. The van der Waals surface area contributed by atoms with Crippen molar-refractivity contribution in [2.24, 2.45) is 17.3 Å². The molecule has 0 aromatic carbocycles. The van der Waals surface area contributed by atoms with E-state index in [2.05, 4.69) is 4.98 Å². The fourth-order valence-corrected chi connectivity index (χ4v) is 5.35. The predicted octanol–water partition coefficient (Wildman–Crippen LogP) is 4.67. The molecule has 1 aromatic heterocycles. The van der Waals surface area contributed by atoms with Crippen molar-refractivity contribution in [3.8, 4) is 0 Å². The van der Waals surface area contributed by atoms with E-state index < -0.39 is 35.6 Å². The number of cyclic esters (lactones) is 1. The van der Waals surface area contributed by atoms with Gasteiger partial charge >= 0.3 is 5.97 Å². The second-order valence-electron chi connectivity index (χ2n) is 11.1. The highest BCUT2D eigenvalue weighted by atomic mass is 35.5. The number of aliphatic hydroxyl groups is 2. The molecule has 3 heterocycles. The lowest BCUT2D eigenvalue weighted by molar-refractivity contribution is -0.154. The summed E-state index contributed by atoms with van der Waals surface area (Å²) in [4.78, 5) is 30.6. The van der Waals surface area contributed by atoms with Crippen LogP contribution < -0.4 is 0 Å². The van der Waals surface area contributed by atoms with E-state index in [0.29, 0.717) is 23.6 Å². The number of hydrogen-bond donors (Lipinski definition) is 2. The minimum absolute atomic E-state index is 0.0889. The molecule has 1 aromatic rings. The van der Waals surface area contributed by atoms with Gasteiger partial charge in [0.2, 0.25) is 0 Å². The van der Waals surface area contributed by atoms with Crippen LogP contribution in [0.15, 0.2) is 29.4 Å². The van der Waals surface area contributed by atoms with E-state index in [0.717, 1.165) is 19.3 Å². The first-order chi connectivity index (χ1) is 16.9. The number of carbonyl (C=O) groups excluding carboxylic acids is 2. The largest absolute Gasteiger partial charge is 0.456 e. The second-order valence-corrected chi connectivity index (χ2v) is 11.5. The number of ketones is 1. The Morgan fingerprint density at radius 1 is 1.25 bits per heavy atom. The normalized spacial score (nSPS) is 36.6. The second kappa shape index (κ2) is 11.7. The van der Waals surface area contributed by atoms with Crippen LogP contribution in [0.2, 0.25) is 0 Å². The Morgan fingerprint density at radius 2 is 1.97 bits per heavy atom. The van der Waals surface area contributed by atoms with Crippen molar-refractivity contribution >= 4 is 29.4 Å². The number of rotatable bonds is 3. The van der Waals surface area contributed by atoms with E-state index in [1.54, 1.807) is 38.3 Å². The summed E-state index contributed by atoms with van der Waals surface area (Å²) in [7, 11) is 0. The van der Waals surface area contributed by atoms with Crippen LogP contribution in [0.4, 0.5) is 0 Å². The lowest BCUT2D eigenvalue weighted by Gasteiger charge is -2.35. The monoisotopic (exact) mass is 521 g/mol. The van der Waals surface area contributed by atoms with E-state index >= 15 is 0 Å². The number of epoxide rings is 1. The van der Waals surface area contributed by atoms with E-state index in [1.807, 2.05) is 26.8 Å². The van der Waals surface area contributed by atoms with Crippen LogP contribution in [0.3, 0.4) is 0 Å². The molecule has 2 unspecified atom stereocenters. The molecule has 2 saturated heterocycles. The molecule has 200 valence electrons. The van der Waals surface area contributed by atoms with E-state index in [-0.39, 0.29) is 29.8 Å². The molecule has 0 spiro atoms. The van der Waals surface area contributed by atoms with E-state index in [4.69, 9.17) is 21.1 Å². The minimum Gasteiger partial charge on any atom is -0.456 e. The SMILES string of the molecule is CC[C@H]1C(=O)C(C)(C)[C@@H](O)CC(=O)O[C@H](C(Cl)=Cc2ccccn2)CC2OC2(C)CCC[C@H](C)[C@@H]1O. The summed E-state index contributed by atoms with van der Waals surface area (Å²) < 4.78 is 11.8. The van der Waals surface area contributed by atoms with Crippen LogP contribution in [0.1, 0.15) is 78.8 Å². The van der Waals surface area contributed by atoms with Gasteiger partial charge in [0.05, 0.1) is 46.5 Å². The Bertz CT molecular complexity index is 951. The van der Waals surface area contributed by atoms with Crippen molar-refractivity contribution in [2.75, 3.05) is 0 Å². The van der Waals surface area contributed by atoms with Crippen LogP contribution in [0.25, 0.3) is 6.08 Å². The van der Waals surface area contributed by atoms with Gasteiger partial charge in [-0.2, -0.15) is 0 Å². The summed E-state index contributed by atoms with van der Waals surface area (Å²) in [6, 6.07) is 5.44. The number of aromatic nitrogens is 1. The molecule has 2 fully saturated rings. The molecule has 36 heavy (non-hydrogen) atoms. The smallest absolute Gasteiger partial charge is 0.309 e. The predicted molar refractivity (Wildman–Crippen MR) is 138 cm³/mol. The maximum Gasteiger partial charge on any atom is 0.309 e. The third-order valence-electron chi connectivity index (χ3n) is 7.95. The lowest BCUT2D eigenvalue weighted by Crippen LogP contribution is -2.46. The molecule has 7 atom stereocenters. The number of esters is 1. The van der Waals surface area contributed by atoms with Crippen LogP contribution in [0, 0.1) is 17.3 Å². The van der Waals surface area contributed by atoms with Crippen molar-refractivity contribution in [1.82, 2.24) is 4.98 Å². The zero-order valence-electron chi connectivity index (χ0n) is 21.9. The van der Waals surface area contributed by atoms with Crippen LogP contribution in [-0.2, 0) is 19.1 Å². The van der Waals surface area contributed by atoms with Crippen LogP contribution in [0.5, 0.6) is 0 Å². The van der Waals surface area contributed by atoms with Gasteiger partial charge in [0, 0.05) is 18.5 Å². The van der Waals surface area contributed by atoms with Crippen molar-refractivity contribution in [3.05, 3.63) is 35.1 Å². The number of halogens is 1. The Morgan fingerprint density at radius 3 is 2.61 bits per heavy atom. The molecular weight excluding hydrogens is 482 g/mol. The average molecular weight is 522 g/mol. The molecule has 3 rings (SSSR count). The molecule has 8 heteroatoms. The topological polar surface area (TPSA) is 109 Å². The van der Waals surface area contributed by atoms with Gasteiger partial charge < -0.3 is 19.7 Å². The fourth-order valence-electron chi connectivity index (χ4n) is 5.10. The van der Waals surface area contributed by atoms with Crippen molar-refractivity contribution in [3.63, 3.8) is 0 Å². The van der Waals surface area contributed by atoms with E-state index in [9.17, 15) is 19.8 Å². The van der Waals surface area contributed by atoms with Gasteiger partial charge in [-0.1, -0.05) is 51.8 Å². The molecular formula is C28H40ClNO6. The van der Waals surface area contributed by atoms with Crippen LogP contribution >= 0.6 is 11.6 Å². The van der Waals surface area contributed by atoms with Crippen molar-refractivity contribution < 1.29 is 29.3 Å². The summed E-state index contributed by atoms with van der Waals surface area (Å²) in [6.07, 6.45) is 3.12. The third-order valence-corrected chi connectivity index (χ3v) is 8.30. The molecule has 0 bridgehead atoms. The zero-order chi connectivity index (χ0) is 26.7. The summed E-state index contributed by atoms with van der Waals surface area (Å²) in [5.41, 5.74) is -0.968. The molecule has 0 saturated carbocycles. The van der Waals surface area contributed by atoms with E-state index in [1.165, 1.54) is 0 Å². The number of ether oxygens (including phenoxy) is 2. The Balaban J connectivity index is 1.87. The van der Waals surface area contributed by atoms with Gasteiger partial charge in [0.1, 0.15) is 11.9 Å². The Labute approximate surface area is 219 Å². The summed E-state index contributed by atoms with van der Waals surface area (Å²) in [5.74, 6) is -1.62. The summed E-state index contributed by atoms with van der Waals surface area (Å²) >= 11 is 6.62. The highest BCUT2D eigenvalue weighted by molar-refractivity contribution is 6.32. The number of fused-ring (bicyclic) bond motifs is 1. The molecule has 0 radical (unpaired) electrons. The molecule has 0 amide bonds. The first-order valence-corrected chi connectivity index (χ1v) is 13.3. The summed E-state index contributed by atoms with van der Waals surface area (Å²) in [5, 5.41) is 22.2. The number of aliphatic hydroxyl groups excluding tert-OH is 2. The molecule has 2 aliphatic rings. The standard InChI is InChI=1S/C28H40ClNO6/c1-6-19-25(33)17(2)10-9-12-28(5)23(36-28)15-21(20(29)14-18-11-7-8-13-30-18)35-24(32)16-22(31)27(3,4)26(19)34/h7-8,11,13-14,17,19,21-23,25,31,33H,6,9-10,12,15-16H2,1-5H3/t17-,19+,21-,22-,23?,25-,28?/m0/s1. The average Bonchev–Trinajstić information content (AvgIpc) is 3.47.